The molecule has 224 valence electrons. The van der Waals surface area contributed by atoms with Crippen molar-refractivity contribution < 1.29 is 26.9 Å². The number of carbonyl (C=O) groups excluding carboxylic acids is 1. The van der Waals surface area contributed by atoms with E-state index in [2.05, 4.69) is 15.1 Å². The highest BCUT2D eigenvalue weighted by Crippen LogP contribution is 2.33. The molecule has 0 unspecified atom stereocenters. The Bertz CT molecular complexity index is 1960. The van der Waals surface area contributed by atoms with Crippen LogP contribution >= 0.6 is 0 Å². The molecule has 0 fully saturated rings. The van der Waals surface area contributed by atoms with Gasteiger partial charge in [-0.25, -0.2) is 14.4 Å². The molecule has 0 aliphatic carbocycles. The Hall–Kier alpha value is -5.38. The van der Waals surface area contributed by atoms with Gasteiger partial charge in [0.25, 0.3) is 5.56 Å². The van der Waals surface area contributed by atoms with Crippen molar-refractivity contribution in [1.29, 1.82) is 5.26 Å². The number of aromatic nitrogens is 4. The molecular weight excluding hydrogens is 580 g/mol. The van der Waals surface area contributed by atoms with E-state index in [1.54, 1.807) is 45.0 Å². The number of benzene rings is 2. The summed E-state index contributed by atoms with van der Waals surface area (Å²) in [6.45, 7) is 4.87. The summed E-state index contributed by atoms with van der Waals surface area (Å²) in [4.78, 5) is 38.0. The van der Waals surface area contributed by atoms with E-state index in [4.69, 9.17) is 4.52 Å². The smallest absolute Gasteiger partial charge is 0.361 e. The molecule has 0 aliphatic heterocycles. The molecular formula is C31H24F4N6O3. The molecule has 1 amide bonds. The lowest BCUT2D eigenvalue weighted by molar-refractivity contribution is -0.140. The van der Waals surface area contributed by atoms with Gasteiger partial charge in [0.15, 0.2) is 5.65 Å². The number of halogens is 4. The largest absolute Gasteiger partial charge is 0.419 e. The van der Waals surface area contributed by atoms with Crippen LogP contribution in [0.2, 0.25) is 0 Å². The predicted molar refractivity (Wildman–Crippen MR) is 150 cm³/mol. The molecule has 2 aromatic carbocycles. The van der Waals surface area contributed by atoms with Crippen molar-refractivity contribution >= 4 is 16.9 Å². The zero-order valence-electron chi connectivity index (χ0n) is 23.7. The Morgan fingerprint density at radius 2 is 1.86 bits per heavy atom. The number of hydrogen-bond acceptors (Lipinski definition) is 7. The molecule has 13 heteroatoms. The van der Waals surface area contributed by atoms with Gasteiger partial charge in [-0.2, -0.15) is 18.4 Å². The van der Waals surface area contributed by atoms with Crippen molar-refractivity contribution in [2.75, 3.05) is 0 Å². The fourth-order valence-corrected chi connectivity index (χ4v) is 4.91. The van der Waals surface area contributed by atoms with Crippen LogP contribution in [-0.4, -0.2) is 30.5 Å². The standard InChI is InChI=1S/C31H24F4N6O3/c1-17-24(19(3)44-39-17)16-40(27(42)14-21-8-11-26(32)25(13-21)31(33,34)35)18(2)29-38-28-23(5-4-12-37-28)30(43)41(29)22-9-6-20(15-36)7-10-22/h4-13,18H,14,16H2,1-3H3/t18-/m0/s1. The van der Waals surface area contributed by atoms with Gasteiger partial charge in [-0.15, -0.1) is 0 Å². The number of amides is 1. The Balaban J connectivity index is 1.65. The zero-order valence-corrected chi connectivity index (χ0v) is 23.7. The van der Waals surface area contributed by atoms with Crippen LogP contribution in [-0.2, 0) is 23.9 Å². The number of hydrogen-bond donors (Lipinski definition) is 0. The molecule has 3 aromatic heterocycles. The van der Waals surface area contributed by atoms with Crippen LogP contribution in [0.1, 0.15) is 52.5 Å². The Morgan fingerprint density at radius 3 is 2.50 bits per heavy atom. The molecule has 0 spiro atoms. The lowest BCUT2D eigenvalue weighted by Gasteiger charge is -2.31. The van der Waals surface area contributed by atoms with Crippen LogP contribution in [0.5, 0.6) is 0 Å². The second-order valence-electron chi connectivity index (χ2n) is 10.1. The van der Waals surface area contributed by atoms with E-state index in [-0.39, 0.29) is 29.0 Å². The number of pyridine rings is 1. The summed E-state index contributed by atoms with van der Waals surface area (Å²) in [5.41, 5.74) is -0.109. The van der Waals surface area contributed by atoms with Gasteiger partial charge in [0.1, 0.15) is 17.4 Å². The van der Waals surface area contributed by atoms with Crippen molar-refractivity contribution in [2.24, 2.45) is 0 Å². The van der Waals surface area contributed by atoms with Gasteiger partial charge in [0.2, 0.25) is 5.91 Å². The van der Waals surface area contributed by atoms with Gasteiger partial charge in [0.05, 0.1) is 53.0 Å². The van der Waals surface area contributed by atoms with E-state index in [9.17, 15) is 32.4 Å². The van der Waals surface area contributed by atoms with E-state index >= 15 is 0 Å². The first-order chi connectivity index (χ1) is 20.9. The maximum atomic E-state index is 14.0. The van der Waals surface area contributed by atoms with E-state index in [0.717, 1.165) is 6.07 Å². The molecule has 0 radical (unpaired) electrons. The first-order valence-electron chi connectivity index (χ1n) is 13.3. The monoisotopic (exact) mass is 604 g/mol. The van der Waals surface area contributed by atoms with E-state index in [1.807, 2.05) is 6.07 Å². The Labute approximate surface area is 248 Å². The number of nitriles is 1. The normalized spacial score (nSPS) is 12.2. The summed E-state index contributed by atoms with van der Waals surface area (Å²) in [7, 11) is 0. The number of fused-ring (bicyclic) bond motifs is 1. The van der Waals surface area contributed by atoms with Gasteiger partial charge < -0.3 is 9.42 Å². The number of rotatable bonds is 7. The van der Waals surface area contributed by atoms with Gasteiger partial charge in [-0.3, -0.25) is 14.2 Å². The van der Waals surface area contributed by atoms with Crippen LogP contribution in [0.4, 0.5) is 17.6 Å². The lowest BCUT2D eigenvalue weighted by Crippen LogP contribution is -2.38. The number of nitrogens with zero attached hydrogens (tertiary/aromatic N) is 6. The molecule has 1 atom stereocenters. The SMILES string of the molecule is Cc1noc(C)c1CN(C(=O)Cc1ccc(F)c(C(F)(F)F)c1)[C@@H](C)c1nc2ncccc2c(=O)n1-c1ccc(C#N)cc1. The third-order valence-electron chi connectivity index (χ3n) is 7.29. The van der Waals surface area contributed by atoms with Crippen LogP contribution < -0.4 is 5.56 Å². The number of aryl methyl sites for hydroxylation is 2. The van der Waals surface area contributed by atoms with E-state index in [1.165, 1.54) is 27.8 Å². The first kappa shape index (κ1) is 30.1. The maximum absolute atomic E-state index is 14.0. The highest BCUT2D eigenvalue weighted by molar-refractivity contribution is 5.79. The van der Waals surface area contributed by atoms with Crippen LogP contribution in [0.25, 0.3) is 16.7 Å². The quantitative estimate of drug-likeness (QED) is 0.217. The lowest BCUT2D eigenvalue weighted by atomic mass is 10.0. The van der Waals surface area contributed by atoms with Gasteiger partial charge >= 0.3 is 6.18 Å². The molecule has 0 N–H and O–H groups in total. The van der Waals surface area contributed by atoms with E-state index in [0.29, 0.717) is 40.4 Å². The van der Waals surface area contributed by atoms with Gasteiger partial charge in [0, 0.05) is 11.8 Å². The second kappa shape index (κ2) is 11.7. The van der Waals surface area contributed by atoms with Crippen molar-refractivity contribution in [1.82, 2.24) is 24.6 Å². The molecule has 0 saturated carbocycles. The molecule has 0 saturated heterocycles. The maximum Gasteiger partial charge on any atom is 0.419 e. The number of alkyl halides is 3. The van der Waals surface area contributed by atoms with E-state index < -0.39 is 41.5 Å². The molecule has 0 bridgehead atoms. The molecule has 3 heterocycles. The highest BCUT2D eigenvalue weighted by Gasteiger charge is 2.35. The summed E-state index contributed by atoms with van der Waals surface area (Å²) in [6.07, 6.45) is -4.00. The fraction of sp³-hybridized carbons (Fsp3) is 0.226. The summed E-state index contributed by atoms with van der Waals surface area (Å²) >= 11 is 0. The topological polar surface area (TPSA) is 118 Å². The second-order valence-corrected chi connectivity index (χ2v) is 10.1. The van der Waals surface area contributed by atoms with Crippen molar-refractivity contribution in [3.8, 4) is 11.8 Å². The molecule has 5 aromatic rings. The number of carbonyl (C=O) groups is 1. The Morgan fingerprint density at radius 1 is 1.14 bits per heavy atom. The Kier molecular flexibility index (Phi) is 8.01. The third kappa shape index (κ3) is 5.78. The summed E-state index contributed by atoms with van der Waals surface area (Å²) in [5, 5.41) is 13.4. The highest BCUT2D eigenvalue weighted by atomic mass is 19.4. The third-order valence-corrected chi connectivity index (χ3v) is 7.29. The van der Waals surface area contributed by atoms with Crippen LogP contribution in [0, 0.1) is 31.0 Å². The minimum absolute atomic E-state index is 0.0580. The average Bonchev–Trinajstić information content (AvgIpc) is 3.32. The van der Waals surface area contributed by atoms with Crippen molar-refractivity contribution in [2.45, 2.75) is 46.0 Å². The zero-order chi connectivity index (χ0) is 31.8. The van der Waals surface area contributed by atoms with Crippen LogP contribution in [0.15, 0.2) is 70.1 Å². The predicted octanol–water partition coefficient (Wildman–Crippen LogP) is 5.75. The van der Waals surface area contributed by atoms with Crippen molar-refractivity contribution in [3.63, 3.8) is 0 Å². The molecule has 44 heavy (non-hydrogen) atoms. The molecule has 0 aliphatic rings. The molecule has 9 nitrogen and oxygen atoms in total. The first-order valence-corrected chi connectivity index (χ1v) is 13.3. The average molecular weight is 605 g/mol. The summed E-state index contributed by atoms with van der Waals surface area (Å²) in [5.74, 6) is -1.54. The minimum atomic E-state index is -4.95. The summed E-state index contributed by atoms with van der Waals surface area (Å²) in [6, 6.07) is 12.8. The summed E-state index contributed by atoms with van der Waals surface area (Å²) < 4.78 is 60.8. The van der Waals surface area contributed by atoms with Gasteiger partial charge in [-0.1, -0.05) is 11.2 Å². The molecule has 5 rings (SSSR count). The fourth-order valence-electron chi connectivity index (χ4n) is 4.91. The minimum Gasteiger partial charge on any atom is -0.361 e. The van der Waals surface area contributed by atoms with Crippen molar-refractivity contribution in [3.05, 3.63) is 116 Å². The van der Waals surface area contributed by atoms with Crippen LogP contribution in [0.3, 0.4) is 0 Å². The van der Waals surface area contributed by atoms with Gasteiger partial charge in [-0.05, 0) is 74.9 Å².